The Labute approximate surface area is 138 Å². The minimum atomic E-state index is -4.47. The molecule has 2 nitrogen and oxygen atoms in total. The van der Waals surface area contributed by atoms with Crippen molar-refractivity contribution in [3.05, 3.63) is 35.0 Å². The van der Waals surface area contributed by atoms with Crippen molar-refractivity contribution in [1.82, 2.24) is 4.98 Å². The van der Waals surface area contributed by atoms with Crippen LogP contribution in [0, 0.1) is 5.92 Å². The predicted octanol–water partition coefficient (Wildman–Crippen LogP) is 5.90. The Morgan fingerprint density at radius 2 is 2.00 bits per heavy atom. The van der Waals surface area contributed by atoms with Gasteiger partial charge < -0.3 is 5.32 Å². The van der Waals surface area contributed by atoms with Gasteiger partial charge >= 0.3 is 6.18 Å². The van der Waals surface area contributed by atoms with E-state index >= 15 is 0 Å². The lowest BCUT2D eigenvalue weighted by Gasteiger charge is -2.29. The summed E-state index contributed by atoms with van der Waals surface area (Å²) in [4.78, 5) is 3.73. The van der Waals surface area contributed by atoms with E-state index in [0.29, 0.717) is 27.5 Å². The molecule has 2 atom stereocenters. The summed E-state index contributed by atoms with van der Waals surface area (Å²) in [5.74, 6) is 0.583. The number of aromatic nitrogens is 1. The van der Waals surface area contributed by atoms with Crippen molar-refractivity contribution in [2.75, 3.05) is 5.32 Å². The van der Waals surface area contributed by atoms with E-state index in [2.05, 4.69) is 17.2 Å². The van der Waals surface area contributed by atoms with Crippen LogP contribution in [0.3, 0.4) is 0 Å². The molecule has 1 heterocycles. The van der Waals surface area contributed by atoms with Gasteiger partial charge in [0, 0.05) is 22.1 Å². The molecule has 2 aromatic rings. The van der Waals surface area contributed by atoms with E-state index in [4.69, 9.17) is 11.6 Å². The lowest BCUT2D eigenvalue weighted by Crippen LogP contribution is -2.26. The second-order valence-corrected chi connectivity index (χ2v) is 6.76. The number of hydrogen-bond acceptors (Lipinski definition) is 2. The zero-order valence-corrected chi connectivity index (χ0v) is 13.5. The first-order chi connectivity index (χ1) is 10.8. The molecule has 1 saturated carbocycles. The second kappa shape index (κ2) is 6.19. The highest BCUT2D eigenvalue weighted by Crippen LogP contribution is 2.35. The lowest BCUT2D eigenvalue weighted by molar-refractivity contribution is -0.140. The van der Waals surface area contributed by atoms with Crippen LogP contribution in [0.1, 0.15) is 38.3 Å². The summed E-state index contributed by atoms with van der Waals surface area (Å²) in [5.41, 5.74) is -0.113. The Morgan fingerprint density at radius 1 is 1.22 bits per heavy atom. The third-order valence-corrected chi connectivity index (χ3v) is 4.59. The van der Waals surface area contributed by atoms with Crippen LogP contribution in [0.2, 0.25) is 5.02 Å². The summed E-state index contributed by atoms with van der Waals surface area (Å²) in [6.45, 7) is 2.18. The van der Waals surface area contributed by atoms with E-state index in [9.17, 15) is 13.2 Å². The molecule has 0 unspecified atom stereocenters. The fourth-order valence-electron chi connectivity index (χ4n) is 3.25. The van der Waals surface area contributed by atoms with Crippen LogP contribution < -0.4 is 5.32 Å². The fourth-order valence-corrected chi connectivity index (χ4v) is 3.42. The quantitative estimate of drug-likeness (QED) is 0.735. The average Bonchev–Trinajstić information content (AvgIpc) is 2.46. The molecule has 0 aliphatic heterocycles. The van der Waals surface area contributed by atoms with Crippen LogP contribution in [-0.2, 0) is 6.18 Å². The molecule has 0 amide bonds. The van der Waals surface area contributed by atoms with Crippen molar-refractivity contribution in [3.8, 4) is 0 Å². The number of rotatable bonds is 2. The summed E-state index contributed by atoms with van der Waals surface area (Å²) < 4.78 is 39.3. The molecule has 0 spiro atoms. The Kier molecular flexibility index (Phi) is 4.41. The normalized spacial score (nSPS) is 22.3. The van der Waals surface area contributed by atoms with Crippen LogP contribution in [-0.4, -0.2) is 11.0 Å². The Balaban J connectivity index is 2.03. The fraction of sp³-hybridized carbons (Fsp3) is 0.471. The maximum Gasteiger partial charge on any atom is 0.433 e. The van der Waals surface area contributed by atoms with Gasteiger partial charge in [-0.15, -0.1) is 0 Å². The largest absolute Gasteiger partial charge is 0.433 e. The molecule has 1 fully saturated rings. The standard InChI is InChI=1S/C17H18ClF3N2/c1-10-3-2-4-12(7-10)22-15-9-16(17(19,20)21)23-14-6-5-11(18)8-13(14)15/h5-6,8-10,12H,2-4,7H2,1H3,(H,22,23)/t10-,12+/m1/s1. The molecular formula is C17H18ClF3N2. The van der Waals surface area contributed by atoms with Crippen molar-refractivity contribution < 1.29 is 13.2 Å². The van der Waals surface area contributed by atoms with Gasteiger partial charge in [0.25, 0.3) is 0 Å². The molecule has 1 aromatic heterocycles. The van der Waals surface area contributed by atoms with Gasteiger partial charge in [-0.3, -0.25) is 0 Å². The van der Waals surface area contributed by atoms with Crippen LogP contribution in [0.5, 0.6) is 0 Å². The Hall–Kier alpha value is -1.49. The average molecular weight is 343 g/mol. The molecule has 1 aliphatic rings. The number of nitrogens with one attached hydrogen (secondary N) is 1. The number of pyridine rings is 1. The molecule has 23 heavy (non-hydrogen) atoms. The molecule has 3 rings (SSSR count). The van der Waals surface area contributed by atoms with Gasteiger partial charge in [0.2, 0.25) is 0 Å². The van der Waals surface area contributed by atoms with Gasteiger partial charge in [0.15, 0.2) is 0 Å². The van der Waals surface area contributed by atoms with E-state index in [-0.39, 0.29) is 6.04 Å². The Morgan fingerprint density at radius 3 is 2.70 bits per heavy atom. The minimum absolute atomic E-state index is 0.185. The first-order valence-corrected chi connectivity index (χ1v) is 8.15. The van der Waals surface area contributed by atoms with Crippen molar-refractivity contribution in [1.29, 1.82) is 0 Å². The molecule has 1 aliphatic carbocycles. The number of hydrogen-bond donors (Lipinski definition) is 1. The number of halogens is 4. The molecule has 0 bridgehead atoms. The van der Waals surface area contributed by atoms with E-state index in [1.807, 2.05) is 0 Å². The number of anilines is 1. The zero-order chi connectivity index (χ0) is 16.6. The van der Waals surface area contributed by atoms with Crippen LogP contribution in [0.25, 0.3) is 10.9 Å². The predicted molar refractivity (Wildman–Crippen MR) is 86.8 cm³/mol. The number of fused-ring (bicyclic) bond motifs is 1. The smallest absolute Gasteiger partial charge is 0.382 e. The van der Waals surface area contributed by atoms with Crippen molar-refractivity contribution in [3.63, 3.8) is 0 Å². The summed E-state index contributed by atoms with van der Waals surface area (Å²) in [6, 6.07) is 6.03. The molecule has 0 radical (unpaired) electrons. The molecule has 1 N–H and O–H groups in total. The second-order valence-electron chi connectivity index (χ2n) is 6.33. The third kappa shape index (κ3) is 3.71. The Bertz CT molecular complexity index is 715. The van der Waals surface area contributed by atoms with E-state index in [1.54, 1.807) is 12.1 Å². The SMILES string of the molecule is C[C@@H]1CCC[C@H](Nc2cc(C(F)(F)F)nc3ccc(Cl)cc23)C1. The highest BCUT2D eigenvalue weighted by Gasteiger charge is 2.33. The van der Waals surface area contributed by atoms with Gasteiger partial charge in [-0.25, -0.2) is 4.98 Å². The van der Waals surface area contributed by atoms with Crippen molar-refractivity contribution in [2.45, 2.75) is 44.8 Å². The summed E-state index contributed by atoms with van der Waals surface area (Å²) in [6.07, 6.45) is -0.268. The minimum Gasteiger partial charge on any atom is -0.382 e. The first kappa shape index (κ1) is 16.4. The van der Waals surface area contributed by atoms with Gasteiger partial charge in [-0.1, -0.05) is 31.4 Å². The van der Waals surface area contributed by atoms with Crippen molar-refractivity contribution in [2.24, 2.45) is 5.92 Å². The van der Waals surface area contributed by atoms with Crippen LogP contribution >= 0.6 is 11.6 Å². The first-order valence-electron chi connectivity index (χ1n) is 7.77. The number of alkyl halides is 3. The summed E-state index contributed by atoms with van der Waals surface area (Å²) in [5, 5.41) is 4.41. The number of benzene rings is 1. The molecule has 1 aromatic carbocycles. The van der Waals surface area contributed by atoms with E-state index in [0.717, 1.165) is 25.3 Å². The molecule has 124 valence electrons. The molecular weight excluding hydrogens is 325 g/mol. The zero-order valence-electron chi connectivity index (χ0n) is 12.8. The van der Waals surface area contributed by atoms with Crippen LogP contribution in [0.4, 0.5) is 18.9 Å². The van der Waals surface area contributed by atoms with Gasteiger partial charge in [-0.2, -0.15) is 13.2 Å². The molecule has 6 heteroatoms. The van der Waals surface area contributed by atoms with E-state index in [1.165, 1.54) is 12.5 Å². The number of nitrogens with zero attached hydrogens (tertiary/aromatic N) is 1. The van der Waals surface area contributed by atoms with Gasteiger partial charge in [-0.05, 0) is 43.0 Å². The lowest BCUT2D eigenvalue weighted by atomic mass is 9.87. The highest BCUT2D eigenvalue weighted by molar-refractivity contribution is 6.31. The maximum atomic E-state index is 13.1. The van der Waals surface area contributed by atoms with Crippen LogP contribution in [0.15, 0.2) is 24.3 Å². The summed E-state index contributed by atoms with van der Waals surface area (Å²) in [7, 11) is 0. The van der Waals surface area contributed by atoms with Gasteiger partial charge in [0.1, 0.15) is 5.69 Å². The van der Waals surface area contributed by atoms with Crippen molar-refractivity contribution >= 4 is 28.2 Å². The highest BCUT2D eigenvalue weighted by atomic mass is 35.5. The topological polar surface area (TPSA) is 24.9 Å². The third-order valence-electron chi connectivity index (χ3n) is 4.36. The summed E-state index contributed by atoms with van der Waals surface area (Å²) >= 11 is 6.01. The van der Waals surface area contributed by atoms with Gasteiger partial charge in [0.05, 0.1) is 5.52 Å². The van der Waals surface area contributed by atoms with E-state index < -0.39 is 11.9 Å². The monoisotopic (exact) mass is 342 g/mol. The molecule has 0 saturated heterocycles. The maximum absolute atomic E-state index is 13.1.